The summed E-state index contributed by atoms with van der Waals surface area (Å²) >= 11 is 3.45. The van der Waals surface area contributed by atoms with Gasteiger partial charge in [-0.15, -0.1) is 0 Å². The molecule has 0 aliphatic carbocycles. The summed E-state index contributed by atoms with van der Waals surface area (Å²) in [6.07, 6.45) is 1.02. The molecule has 0 atom stereocenters. The highest BCUT2D eigenvalue weighted by atomic mass is 79.9. The average Bonchev–Trinajstić information content (AvgIpc) is 2.64. The lowest BCUT2D eigenvalue weighted by atomic mass is 10.1. The Balaban J connectivity index is 2.37. The lowest BCUT2D eigenvalue weighted by Crippen LogP contribution is -2.11. The fourth-order valence-corrected chi connectivity index (χ4v) is 2.38. The van der Waals surface area contributed by atoms with Crippen LogP contribution in [0, 0.1) is 13.8 Å². The Bertz CT molecular complexity index is 529. The first kappa shape index (κ1) is 13.3. The van der Waals surface area contributed by atoms with Crippen LogP contribution < -0.4 is 5.32 Å². The molecule has 1 heterocycles. The summed E-state index contributed by atoms with van der Waals surface area (Å²) < 4.78 is 3.11. The van der Waals surface area contributed by atoms with Crippen LogP contribution in [0.1, 0.15) is 17.0 Å². The van der Waals surface area contributed by atoms with Gasteiger partial charge in [-0.3, -0.25) is 0 Å². The molecule has 0 saturated heterocycles. The van der Waals surface area contributed by atoms with Gasteiger partial charge in [-0.2, -0.15) is 5.10 Å². The van der Waals surface area contributed by atoms with E-state index in [0.717, 1.165) is 28.8 Å². The van der Waals surface area contributed by atoms with Crippen LogP contribution in [0.15, 0.2) is 28.7 Å². The van der Waals surface area contributed by atoms with Gasteiger partial charge in [0.2, 0.25) is 0 Å². The predicted molar refractivity (Wildman–Crippen MR) is 78.4 cm³/mol. The summed E-state index contributed by atoms with van der Waals surface area (Å²) in [5, 5.41) is 7.82. The normalized spacial score (nSPS) is 10.9. The minimum Gasteiger partial charge on any atom is -0.319 e. The number of nitrogens with zero attached hydrogens (tertiary/aromatic N) is 2. The maximum absolute atomic E-state index is 4.64. The zero-order valence-corrected chi connectivity index (χ0v) is 12.6. The molecular formula is C14H18BrN3. The molecule has 0 amide bonds. The average molecular weight is 308 g/mol. The zero-order valence-electron chi connectivity index (χ0n) is 11.0. The van der Waals surface area contributed by atoms with Crippen molar-refractivity contribution in [3.8, 4) is 5.69 Å². The van der Waals surface area contributed by atoms with Gasteiger partial charge in [-0.25, -0.2) is 4.68 Å². The summed E-state index contributed by atoms with van der Waals surface area (Å²) in [6, 6.07) is 8.23. The van der Waals surface area contributed by atoms with Gasteiger partial charge in [0.1, 0.15) is 0 Å². The van der Waals surface area contributed by atoms with Crippen molar-refractivity contribution < 1.29 is 0 Å². The van der Waals surface area contributed by atoms with Crippen LogP contribution in [-0.2, 0) is 6.42 Å². The Hall–Kier alpha value is -1.13. The number of halogens is 1. The largest absolute Gasteiger partial charge is 0.319 e. The molecule has 0 unspecified atom stereocenters. The minimum absolute atomic E-state index is 0.980. The minimum atomic E-state index is 0.980. The van der Waals surface area contributed by atoms with Gasteiger partial charge in [0.15, 0.2) is 0 Å². The van der Waals surface area contributed by atoms with Gasteiger partial charge in [-0.1, -0.05) is 15.9 Å². The second-order valence-corrected chi connectivity index (χ2v) is 5.31. The molecule has 4 heteroatoms. The highest BCUT2D eigenvalue weighted by Gasteiger charge is 2.11. The van der Waals surface area contributed by atoms with Crippen LogP contribution in [0.4, 0.5) is 0 Å². The van der Waals surface area contributed by atoms with E-state index >= 15 is 0 Å². The molecule has 2 rings (SSSR count). The molecule has 0 aliphatic rings. The summed E-state index contributed by atoms with van der Waals surface area (Å²) in [6.45, 7) is 5.19. The van der Waals surface area contributed by atoms with Crippen molar-refractivity contribution in [1.29, 1.82) is 0 Å². The van der Waals surface area contributed by atoms with E-state index in [1.807, 2.05) is 23.9 Å². The van der Waals surface area contributed by atoms with E-state index in [1.54, 1.807) is 0 Å². The van der Waals surface area contributed by atoms with Crippen LogP contribution in [0.25, 0.3) is 5.69 Å². The number of nitrogens with one attached hydrogen (secondary N) is 1. The number of aromatic nitrogens is 2. The van der Waals surface area contributed by atoms with E-state index in [2.05, 4.69) is 52.3 Å². The molecule has 1 aromatic heterocycles. The van der Waals surface area contributed by atoms with Crippen molar-refractivity contribution in [2.24, 2.45) is 0 Å². The Labute approximate surface area is 116 Å². The summed E-state index contributed by atoms with van der Waals surface area (Å²) in [7, 11) is 1.98. The Kier molecular flexibility index (Phi) is 4.19. The second-order valence-electron chi connectivity index (χ2n) is 4.39. The highest BCUT2D eigenvalue weighted by Crippen LogP contribution is 2.19. The second kappa shape index (κ2) is 5.67. The van der Waals surface area contributed by atoms with Gasteiger partial charge in [0, 0.05) is 10.2 Å². The molecule has 0 aliphatic heterocycles. The van der Waals surface area contributed by atoms with Crippen molar-refractivity contribution in [2.75, 3.05) is 13.6 Å². The summed E-state index contributed by atoms with van der Waals surface area (Å²) in [5.74, 6) is 0. The smallest absolute Gasteiger partial charge is 0.0649 e. The van der Waals surface area contributed by atoms with E-state index in [9.17, 15) is 0 Å². The zero-order chi connectivity index (χ0) is 13.1. The van der Waals surface area contributed by atoms with Crippen LogP contribution in [-0.4, -0.2) is 23.4 Å². The van der Waals surface area contributed by atoms with Gasteiger partial charge < -0.3 is 5.32 Å². The predicted octanol–water partition coefficient (Wildman–Crippen LogP) is 3.01. The molecule has 0 bridgehead atoms. The van der Waals surface area contributed by atoms with Crippen molar-refractivity contribution in [2.45, 2.75) is 20.3 Å². The molecule has 2 aromatic rings. The standard InChI is InChI=1S/C14H18BrN3/c1-10-14(8-9-16-3)11(2)18(17-10)13-6-4-12(15)5-7-13/h4-7,16H,8-9H2,1-3H3. The fraction of sp³-hybridized carbons (Fsp3) is 0.357. The van der Waals surface area contributed by atoms with E-state index in [1.165, 1.54) is 11.3 Å². The van der Waals surface area contributed by atoms with Gasteiger partial charge in [0.25, 0.3) is 0 Å². The molecule has 0 spiro atoms. The summed E-state index contributed by atoms with van der Waals surface area (Å²) in [4.78, 5) is 0. The number of likely N-dealkylation sites (N-methyl/N-ethyl adjacent to an activating group) is 1. The lowest BCUT2D eigenvalue weighted by molar-refractivity contribution is 0.783. The first-order chi connectivity index (χ1) is 8.63. The molecule has 1 N–H and O–H groups in total. The Morgan fingerprint density at radius 3 is 2.50 bits per heavy atom. The van der Waals surface area contributed by atoms with Crippen LogP contribution in [0.2, 0.25) is 0 Å². The molecule has 18 heavy (non-hydrogen) atoms. The third-order valence-corrected chi connectivity index (χ3v) is 3.67. The van der Waals surface area contributed by atoms with Crippen molar-refractivity contribution >= 4 is 15.9 Å². The lowest BCUT2D eigenvalue weighted by Gasteiger charge is -2.05. The van der Waals surface area contributed by atoms with Gasteiger partial charge in [-0.05, 0) is 63.7 Å². The van der Waals surface area contributed by atoms with E-state index in [0.29, 0.717) is 0 Å². The molecule has 96 valence electrons. The van der Waals surface area contributed by atoms with Crippen LogP contribution >= 0.6 is 15.9 Å². The number of aryl methyl sites for hydroxylation is 1. The quantitative estimate of drug-likeness (QED) is 0.941. The van der Waals surface area contributed by atoms with E-state index < -0.39 is 0 Å². The first-order valence-electron chi connectivity index (χ1n) is 6.09. The summed E-state index contributed by atoms with van der Waals surface area (Å²) in [5.41, 5.74) is 4.79. The number of hydrogen-bond acceptors (Lipinski definition) is 2. The number of rotatable bonds is 4. The van der Waals surface area contributed by atoms with Gasteiger partial charge >= 0.3 is 0 Å². The molecule has 3 nitrogen and oxygen atoms in total. The third-order valence-electron chi connectivity index (χ3n) is 3.14. The molecular weight excluding hydrogens is 290 g/mol. The number of hydrogen-bond donors (Lipinski definition) is 1. The van der Waals surface area contributed by atoms with Crippen molar-refractivity contribution in [3.63, 3.8) is 0 Å². The fourth-order valence-electron chi connectivity index (χ4n) is 2.12. The maximum atomic E-state index is 4.64. The molecule has 0 radical (unpaired) electrons. The SMILES string of the molecule is CNCCc1c(C)nn(-c2ccc(Br)cc2)c1C. The van der Waals surface area contributed by atoms with Crippen LogP contribution in [0.3, 0.4) is 0 Å². The van der Waals surface area contributed by atoms with Crippen LogP contribution in [0.5, 0.6) is 0 Å². The Morgan fingerprint density at radius 1 is 1.22 bits per heavy atom. The van der Waals surface area contributed by atoms with Gasteiger partial charge in [0.05, 0.1) is 11.4 Å². The van der Waals surface area contributed by atoms with Crippen molar-refractivity contribution in [3.05, 3.63) is 45.7 Å². The van der Waals surface area contributed by atoms with Crippen molar-refractivity contribution in [1.82, 2.24) is 15.1 Å². The topological polar surface area (TPSA) is 29.9 Å². The first-order valence-corrected chi connectivity index (χ1v) is 6.88. The monoisotopic (exact) mass is 307 g/mol. The molecule has 0 fully saturated rings. The molecule has 0 saturated carbocycles. The van der Waals surface area contributed by atoms with E-state index in [4.69, 9.17) is 0 Å². The third kappa shape index (κ3) is 2.65. The molecule has 1 aromatic carbocycles. The Morgan fingerprint density at radius 2 is 1.89 bits per heavy atom. The maximum Gasteiger partial charge on any atom is 0.0649 e. The highest BCUT2D eigenvalue weighted by molar-refractivity contribution is 9.10. The van der Waals surface area contributed by atoms with E-state index in [-0.39, 0.29) is 0 Å². The number of benzene rings is 1.